The van der Waals surface area contributed by atoms with Gasteiger partial charge in [0.1, 0.15) is 0 Å². The molecule has 0 heterocycles. The molecule has 2 rings (SSSR count). The minimum atomic E-state index is -0.298. The maximum Gasteiger partial charge on any atom is 0.241 e. The van der Waals surface area contributed by atoms with Crippen molar-refractivity contribution in [2.24, 2.45) is 0 Å². The largest absolute Gasteiger partial charge is 0.325 e. The fourth-order valence-corrected chi connectivity index (χ4v) is 2.56. The van der Waals surface area contributed by atoms with Crippen molar-refractivity contribution in [3.8, 4) is 6.07 Å². The number of hydrogen-bond donors (Lipinski definition) is 1. The van der Waals surface area contributed by atoms with Crippen LogP contribution in [0, 0.1) is 11.3 Å². The van der Waals surface area contributed by atoms with E-state index < -0.39 is 0 Å². The van der Waals surface area contributed by atoms with Crippen LogP contribution in [-0.4, -0.2) is 23.9 Å². The van der Waals surface area contributed by atoms with Gasteiger partial charge >= 0.3 is 0 Å². The number of hydrogen-bond acceptors (Lipinski definition) is 3. The summed E-state index contributed by atoms with van der Waals surface area (Å²) in [5, 5.41) is 11.8. The summed E-state index contributed by atoms with van der Waals surface area (Å²) in [4.78, 5) is 14.4. The van der Waals surface area contributed by atoms with Gasteiger partial charge in [-0.15, -0.1) is 0 Å². The minimum absolute atomic E-state index is 0.102. The number of likely N-dealkylation sites (N-methyl/N-ethyl adjacent to an activating group) is 1. The van der Waals surface area contributed by atoms with Crippen molar-refractivity contribution < 1.29 is 4.79 Å². The molecule has 0 bridgehead atoms. The molecule has 0 radical (unpaired) electrons. The molecule has 0 aliphatic heterocycles. The molecule has 118 valence electrons. The van der Waals surface area contributed by atoms with Gasteiger partial charge in [-0.25, -0.2) is 0 Å². The summed E-state index contributed by atoms with van der Waals surface area (Å²) in [5.74, 6) is -0.102. The van der Waals surface area contributed by atoms with Gasteiger partial charge in [-0.05, 0) is 43.8 Å². The molecular weight excluding hydrogens is 354 g/mol. The van der Waals surface area contributed by atoms with Crippen LogP contribution in [0.1, 0.15) is 18.1 Å². The number of halogens is 1. The first kappa shape index (κ1) is 17.2. The molecule has 1 amide bonds. The highest BCUT2D eigenvalue weighted by Crippen LogP contribution is 2.18. The highest BCUT2D eigenvalue weighted by atomic mass is 79.9. The van der Waals surface area contributed by atoms with E-state index in [2.05, 4.69) is 27.3 Å². The van der Waals surface area contributed by atoms with Crippen LogP contribution >= 0.6 is 15.9 Å². The zero-order chi connectivity index (χ0) is 16.8. The van der Waals surface area contributed by atoms with Crippen LogP contribution in [0.2, 0.25) is 0 Å². The Morgan fingerprint density at radius 2 is 2.04 bits per heavy atom. The summed E-state index contributed by atoms with van der Waals surface area (Å²) in [6, 6.07) is 16.6. The zero-order valence-corrected chi connectivity index (χ0v) is 14.7. The molecule has 5 heteroatoms. The molecule has 0 aliphatic rings. The van der Waals surface area contributed by atoms with Crippen LogP contribution in [-0.2, 0) is 11.3 Å². The van der Waals surface area contributed by atoms with Gasteiger partial charge in [0.25, 0.3) is 0 Å². The Bertz CT molecular complexity index is 739. The molecule has 23 heavy (non-hydrogen) atoms. The fourth-order valence-electron chi connectivity index (χ4n) is 2.15. The second kappa shape index (κ2) is 7.91. The molecule has 0 saturated heterocycles. The second-order valence-corrected chi connectivity index (χ2v) is 6.22. The molecular formula is C18H18BrN3O. The molecule has 1 atom stereocenters. The van der Waals surface area contributed by atoms with E-state index in [0.29, 0.717) is 17.8 Å². The lowest BCUT2D eigenvalue weighted by atomic mass is 10.1. The van der Waals surface area contributed by atoms with Crippen molar-refractivity contribution >= 4 is 27.5 Å². The second-order valence-electron chi connectivity index (χ2n) is 5.36. The van der Waals surface area contributed by atoms with E-state index in [4.69, 9.17) is 5.26 Å². The number of rotatable bonds is 5. The van der Waals surface area contributed by atoms with Gasteiger partial charge in [0.05, 0.1) is 17.7 Å². The first-order valence-electron chi connectivity index (χ1n) is 7.26. The smallest absolute Gasteiger partial charge is 0.241 e. The summed E-state index contributed by atoms with van der Waals surface area (Å²) in [6.07, 6.45) is 0. The Morgan fingerprint density at radius 3 is 2.74 bits per heavy atom. The highest BCUT2D eigenvalue weighted by Gasteiger charge is 2.19. The SMILES string of the molecule is CC(C(=O)Nc1cccc(C#N)c1)N(C)Cc1ccccc1Br. The van der Waals surface area contributed by atoms with Crippen molar-refractivity contribution in [3.05, 3.63) is 64.1 Å². The van der Waals surface area contributed by atoms with E-state index in [1.807, 2.05) is 43.1 Å². The number of carbonyl (C=O) groups excluding carboxylic acids is 1. The van der Waals surface area contributed by atoms with E-state index >= 15 is 0 Å². The van der Waals surface area contributed by atoms with Gasteiger partial charge in [0, 0.05) is 16.7 Å². The lowest BCUT2D eigenvalue weighted by Crippen LogP contribution is -2.39. The van der Waals surface area contributed by atoms with E-state index in [9.17, 15) is 4.79 Å². The number of nitriles is 1. The Morgan fingerprint density at radius 1 is 1.30 bits per heavy atom. The van der Waals surface area contributed by atoms with Crippen LogP contribution in [0.25, 0.3) is 0 Å². The average molecular weight is 372 g/mol. The summed E-state index contributed by atoms with van der Waals surface area (Å²) in [5.41, 5.74) is 2.29. The molecule has 1 N–H and O–H groups in total. The number of amides is 1. The molecule has 0 spiro atoms. The molecule has 0 saturated carbocycles. The zero-order valence-electron chi connectivity index (χ0n) is 13.1. The van der Waals surface area contributed by atoms with Gasteiger partial charge in [0.15, 0.2) is 0 Å². The van der Waals surface area contributed by atoms with Gasteiger partial charge in [-0.1, -0.05) is 40.2 Å². The molecule has 2 aromatic carbocycles. The number of carbonyl (C=O) groups is 1. The standard InChI is InChI=1S/C18H18BrN3O/c1-13(22(2)12-15-7-3-4-9-17(15)19)18(23)21-16-8-5-6-14(10-16)11-20/h3-10,13H,12H2,1-2H3,(H,21,23). The number of benzene rings is 2. The number of nitrogens with zero attached hydrogens (tertiary/aromatic N) is 2. The van der Waals surface area contributed by atoms with Crippen molar-refractivity contribution in [1.29, 1.82) is 5.26 Å². The summed E-state index contributed by atoms with van der Waals surface area (Å²) >= 11 is 3.52. The average Bonchev–Trinajstić information content (AvgIpc) is 2.56. The van der Waals surface area contributed by atoms with Crippen molar-refractivity contribution in [1.82, 2.24) is 4.90 Å². The lowest BCUT2D eigenvalue weighted by Gasteiger charge is -2.24. The summed E-state index contributed by atoms with van der Waals surface area (Å²) < 4.78 is 1.03. The molecule has 0 aromatic heterocycles. The van der Waals surface area contributed by atoms with Crippen molar-refractivity contribution in [2.75, 3.05) is 12.4 Å². The highest BCUT2D eigenvalue weighted by molar-refractivity contribution is 9.10. The van der Waals surface area contributed by atoms with Crippen LogP contribution in [0.5, 0.6) is 0 Å². The molecule has 0 fully saturated rings. The molecule has 1 unspecified atom stereocenters. The maximum atomic E-state index is 12.4. The van der Waals surface area contributed by atoms with Crippen molar-refractivity contribution in [2.45, 2.75) is 19.5 Å². The summed E-state index contributed by atoms with van der Waals surface area (Å²) in [7, 11) is 1.91. The Kier molecular flexibility index (Phi) is 5.91. The normalized spacial score (nSPS) is 11.8. The Balaban J connectivity index is 2.01. The third-order valence-electron chi connectivity index (χ3n) is 3.68. The van der Waals surface area contributed by atoms with E-state index in [1.54, 1.807) is 24.3 Å². The van der Waals surface area contributed by atoms with E-state index in [-0.39, 0.29) is 11.9 Å². The maximum absolute atomic E-state index is 12.4. The van der Waals surface area contributed by atoms with Crippen LogP contribution in [0.3, 0.4) is 0 Å². The molecule has 4 nitrogen and oxygen atoms in total. The van der Waals surface area contributed by atoms with E-state index in [1.165, 1.54) is 0 Å². The molecule has 0 aliphatic carbocycles. The third kappa shape index (κ3) is 4.65. The van der Waals surface area contributed by atoms with Gasteiger partial charge in [-0.3, -0.25) is 9.69 Å². The first-order valence-corrected chi connectivity index (χ1v) is 8.05. The van der Waals surface area contributed by atoms with Crippen molar-refractivity contribution in [3.63, 3.8) is 0 Å². The number of nitrogens with one attached hydrogen (secondary N) is 1. The topological polar surface area (TPSA) is 56.1 Å². The predicted molar refractivity (Wildman–Crippen MR) is 94.9 cm³/mol. The quantitative estimate of drug-likeness (QED) is 0.869. The lowest BCUT2D eigenvalue weighted by molar-refractivity contribution is -0.120. The van der Waals surface area contributed by atoms with Crippen LogP contribution in [0.15, 0.2) is 53.0 Å². The fraction of sp³-hybridized carbons (Fsp3) is 0.222. The minimum Gasteiger partial charge on any atom is -0.325 e. The Labute approximate surface area is 144 Å². The van der Waals surface area contributed by atoms with Crippen LogP contribution < -0.4 is 5.32 Å². The first-order chi connectivity index (χ1) is 11.0. The Hall–Kier alpha value is -2.16. The van der Waals surface area contributed by atoms with Gasteiger partial charge < -0.3 is 5.32 Å². The van der Waals surface area contributed by atoms with E-state index in [0.717, 1.165) is 10.0 Å². The van der Waals surface area contributed by atoms with Gasteiger partial charge in [-0.2, -0.15) is 5.26 Å². The monoisotopic (exact) mass is 371 g/mol. The van der Waals surface area contributed by atoms with Gasteiger partial charge in [0.2, 0.25) is 5.91 Å². The number of anilines is 1. The summed E-state index contributed by atoms with van der Waals surface area (Å²) in [6.45, 7) is 2.52. The third-order valence-corrected chi connectivity index (χ3v) is 4.45. The predicted octanol–water partition coefficient (Wildman–Crippen LogP) is 3.78. The molecule has 2 aromatic rings. The van der Waals surface area contributed by atoms with Crippen LogP contribution in [0.4, 0.5) is 5.69 Å².